The number of fused-ring (bicyclic) bond motifs is 2. The van der Waals surface area contributed by atoms with Crippen LogP contribution in [0.5, 0.6) is 5.75 Å². The SMILES string of the molecule is COc1ccc([Si](C)(C)[C@@H]2[C@@H](CC(=O)N3CCC[C@H]3CO)O[C@]3(C(=O)N(Cc4cccc(NC(=O)c5ccc(N)cc5)c4)c4ccccc43)[C@H]2C)cc1. The fourth-order valence-electron chi connectivity index (χ4n) is 9.04. The number of likely N-dealkylation sites (tertiary alicyclic amines) is 1. The van der Waals surface area contributed by atoms with Crippen molar-refractivity contribution in [3.8, 4) is 5.75 Å². The molecule has 0 aromatic heterocycles. The number of aliphatic hydroxyl groups excluding tert-OH is 1. The van der Waals surface area contributed by atoms with E-state index in [9.17, 15) is 14.7 Å². The van der Waals surface area contributed by atoms with Crippen LogP contribution in [0.25, 0.3) is 0 Å². The number of carbonyl (C=O) groups excluding carboxylic acids is 3. The molecule has 11 heteroatoms. The van der Waals surface area contributed by atoms with Gasteiger partial charge in [-0.15, -0.1) is 0 Å². The Morgan fingerprint density at radius 2 is 1.75 bits per heavy atom. The maximum absolute atomic E-state index is 15.1. The van der Waals surface area contributed by atoms with E-state index in [4.69, 9.17) is 15.2 Å². The minimum absolute atomic E-state index is 0.0475. The van der Waals surface area contributed by atoms with Crippen molar-refractivity contribution in [3.63, 3.8) is 0 Å². The lowest BCUT2D eigenvalue weighted by atomic mass is 9.82. The number of rotatable bonds is 10. The molecule has 3 amide bonds. The van der Waals surface area contributed by atoms with Crippen LogP contribution in [0.2, 0.25) is 18.6 Å². The monoisotopic (exact) mass is 732 g/mol. The molecule has 3 aliphatic heterocycles. The van der Waals surface area contributed by atoms with Crippen molar-refractivity contribution in [1.82, 2.24) is 4.90 Å². The number of hydrogen-bond acceptors (Lipinski definition) is 7. The number of nitrogens with zero attached hydrogens (tertiary/aromatic N) is 2. The maximum atomic E-state index is 15.1. The van der Waals surface area contributed by atoms with E-state index < -0.39 is 19.8 Å². The van der Waals surface area contributed by atoms with E-state index in [1.807, 2.05) is 60.7 Å². The van der Waals surface area contributed by atoms with Crippen molar-refractivity contribution in [1.29, 1.82) is 0 Å². The molecule has 4 N–H and O–H groups in total. The predicted octanol–water partition coefficient (Wildman–Crippen LogP) is 5.67. The molecule has 2 fully saturated rings. The second-order valence-corrected chi connectivity index (χ2v) is 19.8. The Balaban J connectivity index is 1.22. The molecule has 10 nitrogen and oxygen atoms in total. The first kappa shape index (κ1) is 36.4. The molecule has 276 valence electrons. The van der Waals surface area contributed by atoms with Crippen LogP contribution in [-0.4, -0.2) is 68.2 Å². The fraction of sp³-hybridized carbons (Fsp3) is 0.357. The first-order chi connectivity index (χ1) is 25.5. The van der Waals surface area contributed by atoms with Crippen molar-refractivity contribution in [3.05, 3.63) is 114 Å². The second-order valence-electron chi connectivity index (χ2n) is 15.1. The van der Waals surface area contributed by atoms with E-state index in [0.29, 0.717) is 23.5 Å². The van der Waals surface area contributed by atoms with Crippen LogP contribution in [-0.2, 0) is 26.5 Å². The van der Waals surface area contributed by atoms with E-state index in [1.165, 1.54) is 5.19 Å². The Morgan fingerprint density at radius 1 is 1.02 bits per heavy atom. The summed E-state index contributed by atoms with van der Waals surface area (Å²) in [6.45, 7) is 7.52. The number of nitrogen functional groups attached to an aromatic ring is 1. The van der Waals surface area contributed by atoms with E-state index in [1.54, 1.807) is 41.2 Å². The van der Waals surface area contributed by atoms with Crippen LogP contribution in [0.15, 0.2) is 97.1 Å². The minimum Gasteiger partial charge on any atom is -0.497 e. The van der Waals surface area contributed by atoms with Crippen molar-refractivity contribution in [2.45, 2.75) is 69.1 Å². The van der Waals surface area contributed by atoms with Crippen molar-refractivity contribution in [2.75, 3.05) is 36.2 Å². The van der Waals surface area contributed by atoms with E-state index in [0.717, 1.165) is 35.4 Å². The summed E-state index contributed by atoms with van der Waals surface area (Å²) < 4.78 is 12.6. The third kappa shape index (κ3) is 6.51. The molecule has 3 heterocycles. The summed E-state index contributed by atoms with van der Waals surface area (Å²) in [6, 6.07) is 30.0. The van der Waals surface area contributed by atoms with Crippen LogP contribution >= 0.6 is 0 Å². The fourth-order valence-corrected chi connectivity index (χ4v) is 13.0. The molecule has 0 unspecified atom stereocenters. The molecule has 53 heavy (non-hydrogen) atoms. The van der Waals surface area contributed by atoms with Crippen LogP contribution in [0.4, 0.5) is 17.1 Å². The van der Waals surface area contributed by atoms with Gasteiger partial charge < -0.3 is 35.4 Å². The molecule has 0 bridgehead atoms. The highest BCUT2D eigenvalue weighted by molar-refractivity contribution is 6.91. The van der Waals surface area contributed by atoms with Gasteiger partial charge in [-0.3, -0.25) is 14.4 Å². The number of nitrogens with two attached hydrogens (primary N) is 1. The summed E-state index contributed by atoms with van der Waals surface area (Å²) >= 11 is 0. The van der Waals surface area contributed by atoms with Gasteiger partial charge in [0.05, 0.1) is 52.6 Å². The van der Waals surface area contributed by atoms with Gasteiger partial charge in [0.1, 0.15) is 5.75 Å². The average Bonchev–Trinajstić information content (AvgIpc) is 3.82. The van der Waals surface area contributed by atoms with Crippen molar-refractivity contribution in [2.24, 2.45) is 5.92 Å². The molecule has 0 saturated carbocycles. The van der Waals surface area contributed by atoms with Crippen LogP contribution < -0.4 is 25.9 Å². The molecule has 0 aliphatic carbocycles. The molecule has 3 aliphatic rings. The van der Waals surface area contributed by atoms with E-state index in [2.05, 4.69) is 37.5 Å². The lowest BCUT2D eigenvalue weighted by molar-refractivity contribution is -0.150. The van der Waals surface area contributed by atoms with Crippen LogP contribution in [0.3, 0.4) is 0 Å². The topological polar surface area (TPSA) is 134 Å². The number of hydrogen-bond donors (Lipinski definition) is 3. The van der Waals surface area contributed by atoms with Gasteiger partial charge in [-0.05, 0) is 78.5 Å². The highest BCUT2D eigenvalue weighted by Crippen LogP contribution is 2.60. The number of benzene rings is 4. The number of amides is 3. The van der Waals surface area contributed by atoms with Crippen molar-refractivity contribution < 1.29 is 29.0 Å². The van der Waals surface area contributed by atoms with Gasteiger partial charge in [0.25, 0.3) is 11.8 Å². The summed E-state index contributed by atoms with van der Waals surface area (Å²) in [4.78, 5) is 45.8. The number of aliphatic hydroxyl groups is 1. The summed E-state index contributed by atoms with van der Waals surface area (Å²) in [7, 11) is -0.804. The Hall–Kier alpha value is -4.97. The Bertz CT molecular complexity index is 2000. The zero-order valence-corrected chi connectivity index (χ0v) is 31.7. The third-order valence-electron chi connectivity index (χ3n) is 11.7. The zero-order valence-electron chi connectivity index (χ0n) is 30.7. The Labute approximate surface area is 311 Å². The van der Waals surface area contributed by atoms with Gasteiger partial charge in [0, 0.05) is 35.0 Å². The largest absolute Gasteiger partial charge is 0.497 e. The zero-order chi connectivity index (χ0) is 37.5. The van der Waals surface area contributed by atoms with E-state index >= 15 is 4.79 Å². The maximum Gasteiger partial charge on any atom is 0.264 e. The number of nitrogens with one attached hydrogen (secondary N) is 1. The molecule has 7 rings (SSSR count). The summed E-state index contributed by atoms with van der Waals surface area (Å²) in [5.74, 6) is 0.0444. The standard InChI is InChI=1S/C42H48N4O6Si/c1-27-39(53(3,4)34-20-18-33(51-2)19-21-34)37(24-38(48)45-22-8-11-32(45)26-47)52-42(27)35-12-5-6-13-36(35)46(41(42)50)25-28-9-7-10-31(23-28)44-40(49)29-14-16-30(43)17-15-29/h5-7,9-10,12-21,23,27,32,37,39,47H,8,11,22,24-26,43H2,1-4H3,(H,44,49)/t27-,32-,37+,39-,42+/m0/s1. The lowest BCUT2D eigenvalue weighted by Crippen LogP contribution is -2.52. The van der Waals surface area contributed by atoms with Gasteiger partial charge >= 0.3 is 0 Å². The quantitative estimate of drug-likeness (QED) is 0.141. The number of ether oxygens (including phenoxy) is 2. The molecule has 1 spiro atoms. The molecular weight excluding hydrogens is 685 g/mol. The van der Waals surface area contributed by atoms with Gasteiger partial charge in [0.15, 0.2) is 5.60 Å². The normalized spacial score (nSPS) is 23.8. The number of methoxy groups -OCH3 is 1. The lowest BCUT2D eigenvalue weighted by Gasteiger charge is -2.37. The third-order valence-corrected chi connectivity index (χ3v) is 16.1. The molecule has 0 radical (unpaired) electrons. The molecule has 4 aromatic carbocycles. The van der Waals surface area contributed by atoms with E-state index in [-0.39, 0.29) is 54.8 Å². The van der Waals surface area contributed by atoms with Crippen LogP contribution in [0, 0.1) is 5.92 Å². The second kappa shape index (κ2) is 14.5. The Kier molecular flexibility index (Phi) is 9.92. The van der Waals surface area contributed by atoms with Crippen molar-refractivity contribution >= 4 is 48.0 Å². The Morgan fingerprint density at radius 3 is 2.47 bits per heavy atom. The average molecular weight is 733 g/mol. The first-order valence-electron chi connectivity index (χ1n) is 18.4. The van der Waals surface area contributed by atoms with Gasteiger partial charge in [-0.1, -0.05) is 67.7 Å². The minimum atomic E-state index is -2.45. The first-order valence-corrected chi connectivity index (χ1v) is 21.5. The van der Waals surface area contributed by atoms with Gasteiger partial charge in [-0.25, -0.2) is 0 Å². The summed E-state index contributed by atoms with van der Waals surface area (Å²) in [5.41, 5.74) is 8.50. The molecule has 4 aromatic rings. The predicted molar refractivity (Wildman–Crippen MR) is 209 cm³/mol. The van der Waals surface area contributed by atoms with Gasteiger partial charge in [-0.2, -0.15) is 0 Å². The molecule has 2 saturated heterocycles. The summed E-state index contributed by atoms with van der Waals surface area (Å²) in [5, 5.41) is 14.2. The van der Waals surface area contributed by atoms with Gasteiger partial charge in [0.2, 0.25) is 5.91 Å². The molecular formula is C42H48N4O6Si. The summed E-state index contributed by atoms with van der Waals surface area (Å²) in [6.07, 6.45) is 1.23. The molecule has 5 atom stereocenters. The van der Waals surface area contributed by atoms with Crippen LogP contribution in [0.1, 0.15) is 47.7 Å². The number of para-hydroxylation sites is 1. The highest BCUT2D eigenvalue weighted by atomic mass is 28.3. The smallest absolute Gasteiger partial charge is 0.264 e. The number of anilines is 3. The number of carbonyl (C=O) groups is 3. The highest BCUT2D eigenvalue weighted by Gasteiger charge is 2.66.